The molecule has 0 aliphatic heterocycles. The normalized spacial score (nSPS) is 15.9. The Labute approximate surface area is 62.1 Å². The lowest BCUT2D eigenvalue weighted by atomic mass is 10.2. The summed E-state index contributed by atoms with van der Waals surface area (Å²) in [5.41, 5.74) is 1.29. The summed E-state index contributed by atoms with van der Waals surface area (Å²) in [6.45, 7) is 0.553. The maximum absolute atomic E-state index is 4.80. The zero-order chi connectivity index (χ0) is 7.23. The van der Waals surface area contributed by atoms with Gasteiger partial charge in [0.1, 0.15) is 6.61 Å². The van der Waals surface area contributed by atoms with Gasteiger partial charge in [0, 0.05) is 7.11 Å². The zero-order valence-corrected chi connectivity index (χ0v) is 6.31. The highest BCUT2D eigenvalue weighted by Crippen LogP contribution is 2.15. The summed E-state index contributed by atoms with van der Waals surface area (Å²) in [5.74, 6) is 6.01. The summed E-state index contributed by atoms with van der Waals surface area (Å²) < 4.78 is 4.80. The molecule has 1 heteroatoms. The van der Waals surface area contributed by atoms with Crippen LogP contribution in [-0.4, -0.2) is 13.7 Å². The summed E-state index contributed by atoms with van der Waals surface area (Å²) in [7, 11) is 1.66. The topological polar surface area (TPSA) is 9.23 Å². The van der Waals surface area contributed by atoms with E-state index in [1.165, 1.54) is 18.4 Å². The van der Waals surface area contributed by atoms with Crippen LogP contribution in [0.3, 0.4) is 0 Å². The highest BCUT2D eigenvalue weighted by Gasteiger charge is 1.98. The summed E-state index contributed by atoms with van der Waals surface area (Å²) in [6, 6.07) is 0. The number of allylic oxidation sites excluding steroid dienone is 2. The predicted molar refractivity (Wildman–Crippen MR) is 41.6 cm³/mol. The SMILES string of the molecule is COCC#CC1=CCCC1. The van der Waals surface area contributed by atoms with E-state index in [-0.39, 0.29) is 0 Å². The first kappa shape index (κ1) is 7.37. The molecule has 0 amide bonds. The first-order valence-corrected chi connectivity index (χ1v) is 3.60. The van der Waals surface area contributed by atoms with E-state index in [1.807, 2.05) is 0 Å². The third kappa shape index (κ3) is 2.24. The number of ether oxygens (including phenoxy) is 1. The largest absolute Gasteiger partial charge is 0.372 e. The van der Waals surface area contributed by atoms with Gasteiger partial charge in [0.05, 0.1) is 0 Å². The molecule has 0 atom stereocenters. The maximum atomic E-state index is 4.80. The van der Waals surface area contributed by atoms with E-state index in [4.69, 9.17) is 4.74 Å². The fraction of sp³-hybridized carbons (Fsp3) is 0.556. The van der Waals surface area contributed by atoms with Gasteiger partial charge in [-0.2, -0.15) is 0 Å². The van der Waals surface area contributed by atoms with Gasteiger partial charge in [-0.1, -0.05) is 17.9 Å². The Kier molecular flexibility index (Phi) is 3.05. The molecule has 0 aromatic heterocycles. The van der Waals surface area contributed by atoms with Gasteiger partial charge in [0.2, 0.25) is 0 Å². The summed E-state index contributed by atoms with van der Waals surface area (Å²) in [4.78, 5) is 0. The standard InChI is InChI=1S/C9H12O/c1-10-8-4-7-9-5-2-3-6-9/h5H,2-3,6,8H2,1H3. The molecule has 0 aromatic rings. The third-order valence-corrected chi connectivity index (χ3v) is 1.51. The summed E-state index contributed by atoms with van der Waals surface area (Å²) in [5, 5.41) is 0. The van der Waals surface area contributed by atoms with Gasteiger partial charge < -0.3 is 4.74 Å². The zero-order valence-electron chi connectivity index (χ0n) is 6.31. The van der Waals surface area contributed by atoms with Crippen molar-refractivity contribution < 1.29 is 4.74 Å². The molecule has 0 fully saturated rings. The lowest BCUT2D eigenvalue weighted by Crippen LogP contribution is -1.81. The van der Waals surface area contributed by atoms with Crippen LogP contribution in [0, 0.1) is 11.8 Å². The van der Waals surface area contributed by atoms with Crippen molar-refractivity contribution in [3.63, 3.8) is 0 Å². The van der Waals surface area contributed by atoms with Crippen LogP contribution in [0.4, 0.5) is 0 Å². The first-order chi connectivity index (χ1) is 4.93. The van der Waals surface area contributed by atoms with Gasteiger partial charge in [-0.15, -0.1) is 0 Å². The molecule has 1 aliphatic carbocycles. The van der Waals surface area contributed by atoms with Crippen molar-refractivity contribution in [2.45, 2.75) is 19.3 Å². The van der Waals surface area contributed by atoms with Gasteiger partial charge in [-0.25, -0.2) is 0 Å². The Balaban J connectivity index is 2.31. The number of methoxy groups -OCH3 is 1. The van der Waals surface area contributed by atoms with E-state index in [0.717, 1.165) is 6.42 Å². The Morgan fingerprint density at radius 1 is 1.70 bits per heavy atom. The molecule has 0 saturated heterocycles. The lowest BCUT2D eigenvalue weighted by Gasteiger charge is -1.85. The molecule has 0 radical (unpaired) electrons. The molecular weight excluding hydrogens is 124 g/mol. The lowest BCUT2D eigenvalue weighted by molar-refractivity contribution is 0.240. The third-order valence-electron chi connectivity index (χ3n) is 1.51. The van der Waals surface area contributed by atoms with Gasteiger partial charge in [-0.05, 0) is 24.8 Å². The van der Waals surface area contributed by atoms with Crippen LogP contribution in [0.25, 0.3) is 0 Å². The molecule has 54 valence electrons. The van der Waals surface area contributed by atoms with Gasteiger partial charge in [0.25, 0.3) is 0 Å². The second kappa shape index (κ2) is 4.14. The molecule has 0 bridgehead atoms. The molecule has 1 aliphatic rings. The molecule has 0 unspecified atom stereocenters. The van der Waals surface area contributed by atoms with E-state index in [2.05, 4.69) is 17.9 Å². The van der Waals surface area contributed by atoms with E-state index in [9.17, 15) is 0 Å². The van der Waals surface area contributed by atoms with Crippen LogP contribution >= 0.6 is 0 Å². The molecule has 0 saturated carbocycles. The quantitative estimate of drug-likeness (QED) is 0.499. The second-order valence-electron chi connectivity index (χ2n) is 2.36. The summed E-state index contributed by atoms with van der Waals surface area (Å²) >= 11 is 0. The fourth-order valence-electron chi connectivity index (χ4n) is 1.01. The minimum Gasteiger partial charge on any atom is -0.372 e. The van der Waals surface area contributed by atoms with Crippen LogP contribution in [0.15, 0.2) is 11.6 Å². The monoisotopic (exact) mass is 136 g/mol. The Morgan fingerprint density at radius 3 is 3.20 bits per heavy atom. The second-order valence-corrected chi connectivity index (χ2v) is 2.36. The van der Waals surface area contributed by atoms with Crippen LogP contribution in [0.5, 0.6) is 0 Å². The smallest absolute Gasteiger partial charge is 0.107 e. The van der Waals surface area contributed by atoms with Crippen molar-refractivity contribution in [3.05, 3.63) is 11.6 Å². The first-order valence-electron chi connectivity index (χ1n) is 3.60. The minimum absolute atomic E-state index is 0.553. The van der Waals surface area contributed by atoms with Crippen molar-refractivity contribution in [1.82, 2.24) is 0 Å². The number of hydrogen-bond donors (Lipinski definition) is 0. The Morgan fingerprint density at radius 2 is 2.60 bits per heavy atom. The molecular formula is C9H12O. The molecule has 0 spiro atoms. The molecule has 0 aromatic carbocycles. The average molecular weight is 136 g/mol. The average Bonchev–Trinajstić information content (AvgIpc) is 2.41. The highest BCUT2D eigenvalue weighted by molar-refractivity contribution is 5.30. The van der Waals surface area contributed by atoms with Crippen molar-refractivity contribution in [1.29, 1.82) is 0 Å². The van der Waals surface area contributed by atoms with Crippen molar-refractivity contribution in [3.8, 4) is 11.8 Å². The Hall–Kier alpha value is -0.740. The Bertz CT molecular complexity index is 181. The van der Waals surface area contributed by atoms with E-state index in [0.29, 0.717) is 6.61 Å². The van der Waals surface area contributed by atoms with E-state index < -0.39 is 0 Å². The van der Waals surface area contributed by atoms with E-state index in [1.54, 1.807) is 7.11 Å². The molecule has 1 rings (SSSR count). The van der Waals surface area contributed by atoms with E-state index >= 15 is 0 Å². The number of rotatable bonds is 1. The molecule has 10 heavy (non-hydrogen) atoms. The van der Waals surface area contributed by atoms with Crippen LogP contribution in [0.1, 0.15) is 19.3 Å². The van der Waals surface area contributed by atoms with Crippen LogP contribution < -0.4 is 0 Å². The fourth-order valence-corrected chi connectivity index (χ4v) is 1.01. The minimum atomic E-state index is 0.553. The number of hydrogen-bond acceptors (Lipinski definition) is 1. The van der Waals surface area contributed by atoms with Gasteiger partial charge in [0.15, 0.2) is 0 Å². The summed E-state index contributed by atoms with van der Waals surface area (Å²) in [6.07, 6.45) is 5.85. The highest BCUT2D eigenvalue weighted by atomic mass is 16.5. The van der Waals surface area contributed by atoms with Crippen LogP contribution in [0.2, 0.25) is 0 Å². The molecule has 1 nitrogen and oxygen atoms in total. The van der Waals surface area contributed by atoms with Crippen LogP contribution in [-0.2, 0) is 4.74 Å². The van der Waals surface area contributed by atoms with Crippen molar-refractivity contribution in [2.75, 3.05) is 13.7 Å². The molecule has 0 N–H and O–H groups in total. The predicted octanol–water partition coefficient (Wildman–Crippen LogP) is 1.75. The van der Waals surface area contributed by atoms with Gasteiger partial charge >= 0.3 is 0 Å². The van der Waals surface area contributed by atoms with Gasteiger partial charge in [-0.3, -0.25) is 0 Å². The van der Waals surface area contributed by atoms with Crippen molar-refractivity contribution >= 4 is 0 Å². The maximum Gasteiger partial charge on any atom is 0.107 e. The molecule has 0 heterocycles. The van der Waals surface area contributed by atoms with Crippen molar-refractivity contribution in [2.24, 2.45) is 0 Å².